The van der Waals surface area contributed by atoms with Crippen LogP contribution in [0.25, 0.3) is 0 Å². The number of aromatic nitrogens is 2. The molecule has 100 valence electrons. The maximum absolute atomic E-state index is 12.2. The zero-order chi connectivity index (χ0) is 13.4. The number of aliphatic hydroxyl groups excluding tert-OH is 1. The van der Waals surface area contributed by atoms with E-state index in [0.717, 1.165) is 19.3 Å². The van der Waals surface area contributed by atoms with E-state index in [1.54, 1.807) is 4.90 Å². The van der Waals surface area contributed by atoms with Crippen LogP contribution in [0, 0.1) is 0 Å². The Morgan fingerprint density at radius 1 is 1.44 bits per heavy atom. The molecule has 1 rings (SSSR count). The molecule has 0 aromatic carbocycles. The van der Waals surface area contributed by atoms with Gasteiger partial charge in [0.2, 0.25) is 0 Å². The van der Waals surface area contributed by atoms with E-state index in [1.807, 2.05) is 0 Å². The van der Waals surface area contributed by atoms with Gasteiger partial charge in [-0.15, -0.1) is 0 Å². The Hall–Kier alpha value is -1.20. The molecule has 0 atom stereocenters. The van der Waals surface area contributed by atoms with Crippen LogP contribution < -0.4 is 0 Å². The minimum atomic E-state index is -0.257. The number of rotatable bonds is 7. The summed E-state index contributed by atoms with van der Waals surface area (Å²) in [5.41, 5.74) is 0.191. The zero-order valence-corrected chi connectivity index (χ0v) is 11.2. The lowest BCUT2D eigenvalue weighted by molar-refractivity contribution is 0.0712. The van der Waals surface area contributed by atoms with E-state index in [9.17, 15) is 4.79 Å². The number of hydrogen-bond donors (Lipinski definition) is 1. The molecule has 0 spiro atoms. The minimum absolute atomic E-state index is 0.0689. The average molecular weight is 272 g/mol. The standard InChI is InChI=1S/C12H18ClN3O2/c1-2-3-4-5-16(6-7-17)12(18)11-10(13)8-14-9-15-11/h8-9,17H,2-7H2,1H3. The van der Waals surface area contributed by atoms with Crippen LogP contribution >= 0.6 is 11.6 Å². The van der Waals surface area contributed by atoms with Crippen LogP contribution in [-0.2, 0) is 0 Å². The van der Waals surface area contributed by atoms with E-state index in [1.165, 1.54) is 12.5 Å². The Morgan fingerprint density at radius 3 is 2.83 bits per heavy atom. The summed E-state index contributed by atoms with van der Waals surface area (Å²) in [6.07, 6.45) is 5.72. The van der Waals surface area contributed by atoms with Crippen molar-refractivity contribution < 1.29 is 9.90 Å². The number of aliphatic hydroxyl groups is 1. The molecule has 0 aliphatic rings. The topological polar surface area (TPSA) is 66.3 Å². The third-order valence-electron chi connectivity index (χ3n) is 2.56. The summed E-state index contributed by atoms with van der Waals surface area (Å²) < 4.78 is 0. The van der Waals surface area contributed by atoms with Crippen LogP contribution in [0.5, 0.6) is 0 Å². The molecular formula is C12H18ClN3O2. The quantitative estimate of drug-likeness (QED) is 0.768. The third kappa shape index (κ3) is 4.23. The molecular weight excluding hydrogens is 254 g/mol. The van der Waals surface area contributed by atoms with Gasteiger partial charge in [-0.2, -0.15) is 0 Å². The van der Waals surface area contributed by atoms with Crippen molar-refractivity contribution in [3.63, 3.8) is 0 Å². The molecule has 6 heteroatoms. The number of nitrogens with zero attached hydrogens (tertiary/aromatic N) is 3. The normalized spacial score (nSPS) is 10.4. The van der Waals surface area contributed by atoms with E-state index in [4.69, 9.17) is 16.7 Å². The van der Waals surface area contributed by atoms with Gasteiger partial charge >= 0.3 is 0 Å². The van der Waals surface area contributed by atoms with Gasteiger partial charge in [0, 0.05) is 19.3 Å². The third-order valence-corrected chi connectivity index (χ3v) is 2.84. The number of carbonyl (C=O) groups excluding carboxylic acids is 1. The first-order valence-corrected chi connectivity index (χ1v) is 6.44. The summed E-state index contributed by atoms with van der Waals surface area (Å²) in [6.45, 7) is 2.93. The second-order valence-electron chi connectivity index (χ2n) is 3.94. The lowest BCUT2D eigenvalue weighted by Crippen LogP contribution is -2.35. The van der Waals surface area contributed by atoms with Gasteiger partial charge in [-0.1, -0.05) is 31.4 Å². The van der Waals surface area contributed by atoms with Crippen LogP contribution in [0.3, 0.4) is 0 Å². The largest absolute Gasteiger partial charge is 0.395 e. The first kappa shape index (κ1) is 14.9. The van der Waals surface area contributed by atoms with Gasteiger partial charge in [0.15, 0.2) is 0 Å². The van der Waals surface area contributed by atoms with Gasteiger partial charge < -0.3 is 10.0 Å². The summed E-state index contributed by atoms with van der Waals surface area (Å²) in [5.74, 6) is -0.257. The molecule has 1 amide bonds. The number of carbonyl (C=O) groups is 1. The second-order valence-corrected chi connectivity index (χ2v) is 4.35. The first-order valence-electron chi connectivity index (χ1n) is 6.06. The number of hydrogen-bond acceptors (Lipinski definition) is 4. The fourth-order valence-electron chi connectivity index (χ4n) is 1.61. The van der Waals surface area contributed by atoms with Crippen LogP contribution in [0.1, 0.15) is 36.7 Å². The van der Waals surface area contributed by atoms with E-state index in [2.05, 4.69) is 16.9 Å². The van der Waals surface area contributed by atoms with Crippen molar-refractivity contribution >= 4 is 17.5 Å². The zero-order valence-electron chi connectivity index (χ0n) is 10.5. The Balaban J connectivity index is 2.73. The monoisotopic (exact) mass is 271 g/mol. The molecule has 0 unspecified atom stereocenters. The van der Waals surface area contributed by atoms with Gasteiger partial charge in [-0.05, 0) is 6.42 Å². The van der Waals surface area contributed by atoms with Gasteiger partial charge in [-0.3, -0.25) is 4.79 Å². The first-order chi connectivity index (χ1) is 8.70. The molecule has 0 saturated heterocycles. The molecule has 0 fully saturated rings. The van der Waals surface area contributed by atoms with Crippen molar-refractivity contribution in [2.45, 2.75) is 26.2 Å². The molecule has 0 radical (unpaired) electrons. The van der Waals surface area contributed by atoms with Crippen LogP contribution in [0.15, 0.2) is 12.5 Å². The highest BCUT2D eigenvalue weighted by Crippen LogP contribution is 2.13. The molecule has 1 aromatic heterocycles. The second kappa shape index (κ2) is 8.00. The number of halogens is 1. The van der Waals surface area contributed by atoms with Gasteiger partial charge in [0.05, 0.1) is 11.6 Å². The predicted molar refractivity (Wildman–Crippen MR) is 69.6 cm³/mol. The molecule has 5 nitrogen and oxygen atoms in total. The SMILES string of the molecule is CCCCCN(CCO)C(=O)c1ncncc1Cl. The van der Waals surface area contributed by atoms with Crippen molar-refractivity contribution in [1.29, 1.82) is 0 Å². The van der Waals surface area contributed by atoms with Crippen molar-refractivity contribution in [1.82, 2.24) is 14.9 Å². The molecule has 0 aliphatic heterocycles. The number of unbranched alkanes of at least 4 members (excludes halogenated alkanes) is 2. The summed E-state index contributed by atoms with van der Waals surface area (Å²) in [4.78, 5) is 21.4. The summed E-state index contributed by atoms with van der Waals surface area (Å²) in [5, 5.41) is 9.24. The molecule has 0 aliphatic carbocycles. The highest BCUT2D eigenvalue weighted by atomic mass is 35.5. The van der Waals surface area contributed by atoms with Gasteiger partial charge in [0.1, 0.15) is 12.0 Å². The van der Waals surface area contributed by atoms with E-state index in [0.29, 0.717) is 13.1 Å². The fourth-order valence-corrected chi connectivity index (χ4v) is 1.79. The van der Waals surface area contributed by atoms with Gasteiger partial charge in [-0.25, -0.2) is 9.97 Å². The van der Waals surface area contributed by atoms with Gasteiger partial charge in [0.25, 0.3) is 5.91 Å². The molecule has 1 N–H and O–H groups in total. The minimum Gasteiger partial charge on any atom is -0.395 e. The number of amides is 1. The van der Waals surface area contributed by atoms with E-state index in [-0.39, 0.29) is 23.2 Å². The molecule has 1 aromatic rings. The molecule has 0 saturated carbocycles. The fraction of sp³-hybridized carbons (Fsp3) is 0.583. The maximum atomic E-state index is 12.2. The van der Waals surface area contributed by atoms with Crippen molar-refractivity contribution in [3.8, 4) is 0 Å². The lowest BCUT2D eigenvalue weighted by atomic mass is 10.2. The summed E-state index contributed by atoms with van der Waals surface area (Å²) in [6, 6.07) is 0. The Labute approximate surface area is 112 Å². The Kier molecular flexibility index (Phi) is 6.60. The maximum Gasteiger partial charge on any atom is 0.274 e. The Morgan fingerprint density at radius 2 is 2.22 bits per heavy atom. The average Bonchev–Trinajstić information content (AvgIpc) is 2.38. The molecule has 0 bridgehead atoms. The van der Waals surface area contributed by atoms with Crippen molar-refractivity contribution in [2.75, 3.05) is 19.7 Å². The molecule has 18 heavy (non-hydrogen) atoms. The smallest absolute Gasteiger partial charge is 0.274 e. The van der Waals surface area contributed by atoms with Crippen LogP contribution in [0.2, 0.25) is 5.02 Å². The predicted octanol–water partition coefficient (Wildman–Crippen LogP) is 1.75. The Bertz CT molecular complexity index is 387. The summed E-state index contributed by atoms with van der Waals surface area (Å²) in [7, 11) is 0. The van der Waals surface area contributed by atoms with E-state index >= 15 is 0 Å². The van der Waals surface area contributed by atoms with Crippen molar-refractivity contribution in [2.24, 2.45) is 0 Å². The lowest BCUT2D eigenvalue weighted by Gasteiger charge is -2.21. The highest BCUT2D eigenvalue weighted by Gasteiger charge is 2.19. The van der Waals surface area contributed by atoms with Crippen LogP contribution in [0.4, 0.5) is 0 Å². The highest BCUT2D eigenvalue weighted by molar-refractivity contribution is 6.33. The molecule has 1 heterocycles. The van der Waals surface area contributed by atoms with Crippen molar-refractivity contribution in [3.05, 3.63) is 23.2 Å². The summed E-state index contributed by atoms with van der Waals surface area (Å²) >= 11 is 5.89. The van der Waals surface area contributed by atoms with Crippen LogP contribution in [-0.4, -0.2) is 45.6 Å². The van der Waals surface area contributed by atoms with E-state index < -0.39 is 0 Å².